The standard InChI is InChI=1S/C33H58N2O8/c1-11-27-22(5)31-33(6,43-31)14-12-25(36)19(2)16-23(13-15-34(7)8)30(21(4)26(37)18-28(38)41-27)42-32-29(39)24(35(9)10)17-20(3)40-32/h12,14,19-24,26-27,29-32,37,39H,11,13,15-18H2,1-10H3/b14-12+/t19-,20-,21+,22-,23+,24+,26?,27-,29-,30-,31+,32+,33+/m1/s1. The minimum Gasteiger partial charge on any atom is -0.462 e. The van der Waals surface area contributed by atoms with Crippen molar-refractivity contribution in [1.29, 1.82) is 0 Å². The molecule has 2 N–H and O–H groups in total. The molecule has 43 heavy (non-hydrogen) atoms. The lowest BCUT2D eigenvalue weighted by Crippen LogP contribution is -2.56. The van der Waals surface area contributed by atoms with Crippen LogP contribution >= 0.6 is 0 Å². The maximum Gasteiger partial charge on any atom is 0.308 e. The second-order valence-corrected chi connectivity index (χ2v) is 14.0. The lowest BCUT2D eigenvalue weighted by atomic mass is 9.79. The van der Waals surface area contributed by atoms with Crippen LogP contribution in [0.5, 0.6) is 0 Å². The molecule has 0 saturated carbocycles. The zero-order chi connectivity index (χ0) is 32.2. The number of ketones is 1. The minimum atomic E-state index is -1.06. The van der Waals surface area contributed by atoms with Crippen LogP contribution < -0.4 is 0 Å². The largest absolute Gasteiger partial charge is 0.462 e. The monoisotopic (exact) mass is 610 g/mol. The first-order valence-electron chi connectivity index (χ1n) is 16.2. The van der Waals surface area contributed by atoms with E-state index in [9.17, 15) is 19.8 Å². The molecule has 0 bridgehead atoms. The van der Waals surface area contributed by atoms with Gasteiger partial charge in [-0.15, -0.1) is 0 Å². The Labute approximate surface area is 259 Å². The molecule has 0 amide bonds. The van der Waals surface area contributed by atoms with Crippen molar-refractivity contribution in [2.24, 2.45) is 23.7 Å². The Kier molecular flexibility index (Phi) is 12.8. The van der Waals surface area contributed by atoms with Gasteiger partial charge >= 0.3 is 5.97 Å². The molecular formula is C33H58N2O8. The van der Waals surface area contributed by atoms with Gasteiger partial charge in [0.2, 0.25) is 0 Å². The number of ether oxygens (including phenoxy) is 4. The molecule has 3 rings (SSSR count). The first-order valence-corrected chi connectivity index (χ1v) is 16.2. The van der Waals surface area contributed by atoms with Crippen molar-refractivity contribution in [1.82, 2.24) is 9.80 Å². The quantitative estimate of drug-likeness (QED) is 0.329. The summed E-state index contributed by atoms with van der Waals surface area (Å²) in [5.41, 5.74) is -0.593. The highest BCUT2D eigenvalue weighted by Gasteiger charge is 2.55. The maximum absolute atomic E-state index is 13.4. The molecule has 10 heteroatoms. The van der Waals surface area contributed by atoms with Gasteiger partial charge in [-0.2, -0.15) is 0 Å². The summed E-state index contributed by atoms with van der Waals surface area (Å²) in [5, 5.41) is 22.7. The second-order valence-electron chi connectivity index (χ2n) is 14.0. The van der Waals surface area contributed by atoms with Crippen LogP contribution in [0.2, 0.25) is 0 Å². The first kappa shape index (κ1) is 36.1. The number of hydrogen-bond donors (Lipinski definition) is 2. The van der Waals surface area contributed by atoms with Gasteiger partial charge < -0.3 is 39.0 Å². The van der Waals surface area contributed by atoms with Crippen LogP contribution in [0.3, 0.4) is 0 Å². The number of cyclic esters (lactones) is 1. The van der Waals surface area contributed by atoms with E-state index in [0.717, 1.165) is 6.54 Å². The molecule has 0 radical (unpaired) electrons. The van der Waals surface area contributed by atoms with E-state index in [1.54, 1.807) is 6.08 Å². The molecule has 2 fully saturated rings. The zero-order valence-corrected chi connectivity index (χ0v) is 28.1. The summed E-state index contributed by atoms with van der Waals surface area (Å²) in [4.78, 5) is 30.6. The number of nitrogens with zero attached hydrogens (tertiary/aromatic N) is 2. The minimum absolute atomic E-state index is 0.00532. The lowest BCUT2D eigenvalue weighted by molar-refractivity contribution is -0.283. The predicted molar refractivity (Wildman–Crippen MR) is 164 cm³/mol. The van der Waals surface area contributed by atoms with Crippen molar-refractivity contribution < 1.29 is 38.7 Å². The molecule has 3 aliphatic rings. The van der Waals surface area contributed by atoms with Gasteiger partial charge in [0.05, 0.1) is 30.8 Å². The molecule has 0 aromatic rings. The predicted octanol–water partition coefficient (Wildman–Crippen LogP) is 3.03. The lowest BCUT2D eigenvalue weighted by Gasteiger charge is -2.44. The van der Waals surface area contributed by atoms with Crippen LogP contribution in [0.15, 0.2) is 12.2 Å². The van der Waals surface area contributed by atoms with Gasteiger partial charge in [0, 0.05) is 23.8 Å². The van der Waals surface area contributed by atoms with Crippen molar-refractivity contribution in [3.05, 3.63) is 12.2 Å². The molecule has 0 aromatic carbocycles. The normalized spacial score (nSPS) is 44.2. The number of carbonyl (C=O) groups excluding carboxylic acids is 2. The molecule has 0 spiro atoms. The van der Waals surface area contributed by atoms with Crippen molar-refractivity contribution in [3.63, 3.8) is 0 Å². The molecule has 3 aliphatic heterocycles. The Morgan fingerprint density at radius 2 is 1.72 bits per heavy atom. The van der Waals surface area contributed by atoms with E-state index in [1.807, 2.05) is 80.7 Å². The number of rotatable bonds is 7. The van der Waals surface area contributed by atoms with Crippen LogP contribution in [0.1, 0.15) is 73.6 Å². The van der Waals surface area contributed by atoms with Crippen LogP contribution in [-0.4, -0.2) is 121 Å². The third-order valence-corrected chi connectivity index (χ3v) is 9.84. The Morgan fingerprint density at radius 1 is 1.05 bits per heavy atom. The third kappa shape index (κ3) is 9.31. The van der Waals surface area contributed by atoms with Crippen LogP contribution in [0.4, 0.5) is 0 Å². The van der Waals surface area contributed by atoms with Crippen molar-refractivity contribution in [2.75, 3.05) is 34.7 Å². The van der Waals surface area contributed by atoms with Crippen molar-refractivity contribution in [2.45, 2.75) is 128 Å². The van der Waals surface area contributed by atoms with Gasteiger partial charge in [-0.3, -0.25) is 9.59 Å². The zero-order valence-electron chi connectivity index (χ0n) is 28.1. The number of aliphatic hydroxyl groups excluding tert-OH is 2. The van der Waals surface area contributed by atoms with Crippen molar-refractivity contribution in [3.8, 4) is 0 Å². The van der Waals surface area contributed by atoms with Gasteiger partial charge in [0.1, 0.15) is 17.8 Å². The molecule has 0 aromatic heterocycles. The first-order chi connectivity index (χ1) is 20.1. The van der Waals surface area contributed by atoms with Gasteiger partial charge in [0.25, 0.3) is 0 Å². The van der Waals surface area contributed by atoms with Crippen LogP contribution in [0.25, 0.3) is 0 Å². The number of epoxide rings is 1. The molecular weight excluding hydrogens is 552 g/mol. The van der Waals surface area contributed by atoms with Crippen molar-refractivity contribution >= 4 is 11.8 Å². The number of aliphatic hydroxyl groups is 2. The van der Waals surface area contributed by atoms with Crippen LogP contribution in [-0.2, 0) is 28.5 Å². The topological polar surface area (TPSA) is 121 Å². The average molecular weight is 611 g/mol. The summed E-state index contributed by atoms with van der Waals surface area (Å²) in [7, 11) is 7.83. The fraction of sp³-hybridized carbons (Fsp3) is 0.879. The molecule has 248 valence electrons. The Balaban J connectivity index is 1.98. The van der Waals surface area contributed by atoms with Crippen LogP contribution in [0, 0.1) is 23.7 Å². The van der Waals surface area contributed by atoms with E-state index in [0.29, 0.717) is 25.7 Å². The molecule has 2 saturated heterocycles. The number of fused-ring (bicyclic) bond motifs is 1. The fourth-order valence-electron chi connectivity index (χ4n) is 6.85. The Bertz CT molecular complexity index is 959. The molecule has 10 nitrogen and oxygen atoms in total. The number of esters is 1. The third-order valence-electron chi connectivity index (χ3n) is 9.84. The Hall–Kier alpha value is -1.40. The van der Waals surface area contributed by atoms with E-state index >= 15 is 0 Å². The summed E-state index contributed by atoms with van der Waals surface area (Å²) in [6.07, 6.45) is 1.57. The summed E-state index contributed by atoms with van der Waals surface area (Å²) >= 11 is 0. The molecule has 13 atom stereocenters. The second kappa shape index (κ2) is 15.3. The summed E-state index contributed by atoms with van der Waals surface area (Å²) < 4.78 is 24.7. The number of allylic oxidation sites excluding steroid dienone is 1. The smallest absolute Gasteiger partial charge is 0.308 e. The van der Waals surface area contributed by atoms with E-state index in [-0.39, 0.29) is 54.3 Å². The molecule has 1 unspecified atom stereocenters. The van der Waals surface area contributed by atoms with E-state index in [1.165, 1.54) is 0 Å². The van der Waals surface area contributed by atoms with Gasteiger partial charge in [-0.1, -0.05) is 27.7 Å². The van der Waals surface area contributed by atoms with E-state index < -0.39 is 42.1 Å². The van der Waals surface area contributed by atoms with E-state index in [4.69, 9.17) is 18.9 Å². The van der Waals surface area contributed by atoms with Gasteiger partial charge in [-0.05, 0) is 92.3 Å². The highest BCUT2D eigenvalue weighted by molar-refractivity contribution is 5.91. The maximum atomic E-state index is 13.4. The summed E-state index contributed by atoms with van der Waals surface area (Å²) in [6, 6.07) is -0.163. The molecule has 0 aliphatic carbocycles. The summed E-state index contributed by atoms with van der Waals surface area (Å²) in [6.45, 7) is 12.4. The number of likely N-dealkylation sites (N-methyl/N-ethyl adjacent to an activating group) is 1. The highest BCUT2D eigenvalue weighted by atomic mass is 16.7. The van der Waals surface area contributed by atoms with E-state index in [2.05, 4.69) is 4.90 Å². The number of hydrogen-bond acceptors (Lipinski definition) is 10. The Morgan fingerprint density at radius 3 is 2.33 bits per heavy atom. The average Bonchev–Trinajstić information content (AvgIpc) is 3.62. The summed E-state index contributed by atoms with van der Waals surface area (Å²) in [5.74, 6) is -1.54. The fourth-order valence-corrected chi connectivity index (χ4v) is 6.85. The van der Waals surface area contributed by atoms with Gasteiger partial charge in [-0.25, -0.2) is 0 Å². The SMILES string of the molecule is CC[C@H]1OC(=O)CC(O)[C@H](C)[C@@H](O[C@@H]2O[C@H](C)C[C@H](N(C)C)[C@H]2O)[C@@H](CCN(C)C)C[C@@H](C)C(=O)/C=C/[C@]2(C)O[C@H]2[C@@H]1C. The van der Waals surface area contributed by atoms with Gasteiger partial charge in [0.15, 0.2) is 12.1 Å². The molecule has 3 heterocycles. The highest BCUT2D eigenvalue weighted by Crippen LogP contribution is 2.45. The number of carbonyl (C=O) groups is 2.